The molecule has 0 saturated carbocycles. The van der Waals surface area contributed by atoms with Crippen molar-refractivity contribution in [1.82, 2.24) is 5.32 Å². The molecule has 0 aliphatic heterocycles. The minimum absolute atomic E-state index is 0.137. The molecule has 0 fully saturated rings. The number of hydrogen-bond donors (Lipinski definition) is 2. The van der Waals surface area contributed by atoms with Crippen molar-refractivity contribution < 1.29 is 24.2 Å². The molecule has 14 heavy (non-hydrogen) atoms. The van der Waals surface area contributed by atoms with E-state index >= 15 is 0 Å². The van der Waals surface area contributed by atoms with E-state index in [1.165, 1.54) is 14.0 Å². The van der Waals surface area contributed by atoms with E-state index in [4.69, 9.17) is 5.11 Å². The van der Waals surface area contributed by atoms with E-state index in [2.05, 4.69) is 10.1 Å². The number of esters is 1. The third-order valence-electron chi connectivity index (χ3n) is 1.47. The number of ether oxygens (including phenoxy) is 1. The Kier molecular flexibility index (Phi) is 5.28. The van der Waals surface area contributed by atoms with Crippen LogP contribution < -0.4 is 5.32 Å². The summed E-state index contributed by atoms with van der Waals surface area (Å²) in [5.74, 6) is -2.00. The van der Waals surface area contributed by atoms with Crippen molar-refractivity contribution in [3.63, 3.8) is 0 Å². The number of carbonyl (C=O) groups excluding carboxylic acids is 2. The van der Waals surface area contributed by atoms with Crippen LogP contribution in [0, 0.1) is 0 Å². The van der Waals surface area contributed by atoms with Crippen LogP contribution in [-0.2, 0) is 19.1 Å². The van der Waals surface area contributed by atoms with Gasteiger partial charge < -0.3 is 15.2 Å². The maximum absolute atomic E-state index is 10.8. The van der Waals surface area contributed by atoms with E-state index in [0.29, 0.717) is 0 Å². The van der Waals surface area contributed by atoms with Crippen LogP contribution in [0.4, 0.5) is 0 Å². The number of carboxylic acid groups (broad SMARTS) is 1. The normalized spacial score (nSPS) is 11.6. The number of carboxylic acids is 1. The Morgan fingerprint density at radius 1 is 1.36 bits per heavy atom. The van der Waals surface area contributed by atoms with Crippen molar-refractivity contribution in [3.05, 3.63) is 0 Å². The van der Waals surface area contributed by atoms with Gasteiger partial charge in [-0.05, 0) is 0 Å². The minimum atomic E-state index is -1.08. The second-order valence-corrected chi connectivity index (χ2v) is 2.78. The standard InChI is InChI=1S/C8H13NO5/c1-5(10)9-6(3-7(11)12)4-8(13)14-2/h6H,3-4H2,1-2H3,(H,9,10)(H,11,12)/t6-/m1/s1. The molecule has 0 aromatic carbocycles. The van der Waals surface area contributed by atoms with Crippen LogP contribution in [0.15, 0.2) is 0 Å². The fourth-order valence-electron chi connectivity index (χ4n) is 0.957. The number of nitrogens with one attached hydrogen (secondary N) is 1. The fraction of sp³-hybridized carbons (Fsp3) is 0.625. The summed E-state index contributed by atoms with van der Waals surface area (Å²) >= 11 is 0. The van der Waals surface area contributed by atoms with E-state index in [0.717, 1.165) is 0 Å². The van der Waals surface area contributed by atoms with Gasteiger partial charge in [-0.2, -0.15) is 0 Å². The van der Waals surface area contributed by atoms with Gasteiger partial charge in [-0.15, -0.1) is 0 Å². The highest BCUT2D eigenvalue weighted by atomic mass is 16.5. The summed E-state index contributed by atoms with van der Waals surface area (Å²) in [4.78, 5) is 31.8. The second kappa shape index (κ2) is 5.95. The zero-order chi connectivity index (χ0) is 11.1. The van der Waals surface area contributed by atoms with Crippen LogP contribution in [0.3, 0.4) is 0 Å². The molecule has 80 valence electrons. The number of aliphatic carboxylic acids is 1. The maximum Gasteiger partial charge on any atom is 0.307 e. The first-order valence-corrected chi connectivity index (χ1v) is 4.01. The highest BCUT2D eigenvalue weighted by Crippen LogP contribution is 2.00. The van der Waals surface area contributed by atoms with Crippen LogP contribution in [-0.4, -0.2) is 36.1 Å². The summed E-state index contributed by atoms with van der Waals surface area (Å²) in [7, 11) is 1.20. The van der Waals surface area contributed by atoms with Crippen LogP contribution in [0.1, 0.15) is 19.8 Å². The first-order chi connectivity index (χ1) is 6.45. The molecule has 0 rings (SSSR count). The summed E-state index contributed by atoms with van der Waals surface area (Å²) in [6, 6.07) is -0.711. The van der Waals surface area contributed by atoms with Gasteiger partial charge in [0.2, 0.25) is 5.91 Å². The Bertz CT molecular complexity index is 222. The molecule has 0 spiro atoms. The minimum Gasteiger partial charge on any atom is -0.481 e. The first kappa shape index (κ1) is 12.4. The molecule has 0 aliphatic carbocycles. The van der Waals surface area contributed by atoms with Gasteiger partial charge in [-0.25, -0.2) is 0 Å². The molecule has 0 bridgehead atoms. The lowest BCUT2D eigenvalue weighted by molar-refractivity contribution is -0.142. The number of rotatable bonds is 5. The lowest BCUT2D eigenvalue weighted by atomic mass is 10.1. The van der Waals surface area contributed by atoms with Gasteiger partial charge in [0.15, 0.2) is 0 Å². The zero-order valence-electron chi connectivity index (χ0n) is 8.07. The third-order valence-corrected chi connectivity index (χ3v) is 1.47. The molecular formula is C8H13NO5. The monoisotopic (exact) mass is 203 g/mol. The average molecular weight is 203 g/mol. The van der Waals surface area contributed by atoms with Crippen LogP contribution in [0.25, 0.3) is 0 Å². The van der Waals surface area contributed by atoms with Crippen LogP contribution in [0.2, 0.25) is 0 Å². The summed E-state index contributed by atoms with van der Waals surface area (Å²) < 4.78 is 4.36. The largest absolute Gasteiger partial charge is 0.481 e. The fourth-order valence-corrected chi connectivity index (χ4v) is 0.957. The third kappa shape index (κ3) is 5.99. The second-order valence-electron chi connectivity index (χ2n) is 2.78. The molecule has 0 aromatic heterocycles. The molecule has 1 amide bonds. The lowest BCUT2D eigenvalue weighted by Crippen LogP contribution is -2.36. The van der Waals surface area contributed by atoms with Gasteiger partial charge in [0, 0.05) is 13.0 Å². The van der Waals surface area contributed by atoms with Crippen molar-refractivity contribution in [1.29, 1.82) is 0 Å². The molecular weight excluding hydrogens is 190 g/mol. The summed E-state index contributed by atoms with van der Waals surface area (Å²) in [5.41, 5.74) is 0. The Labute approximate surface area is 81.2 Å². The first-order valence-electron chi connectivity index (χ1n) is 4.01. The van der Waals surface area contributed by atoms with Crippen molar-refractivity contribution in [2.45, 2.75) is 25.8 Å². The van der Waals surface area contributed by atoms with E-state index < -0.39 is 18.0 Å². The predicted molar refractivity (Wildman–Crippen MR) is 46.5 cm³/mol. The number of hydrogen-bond acceptors (Lipinski definition) is 4. The van der Waals surface area contributed by atoms with Crippen LogP contribution in [0.5, 0.6) is 0 Å². The zero-order valence-corrected chi connectivity index (χ0v) is 8.07. The Morgan fingerprint density at radius 2 is 1.93 bits per heavy atom. The van der Waals surface area contributed by atoms with E-state index in [1.807, 2.05) is 0 Å². The van der Waals surface area contributed by atoms with Gasteiger partial charge in [0.05, 0.1) is 20.0 Å². The molecule has 0 unspecified atom stereocenters. The highest BCUT2D eigenvalue weighted by Gasteiger charge is 2.18. The molecule has 6 nitrogen and oxygen atoms in total. The van der Waals surface area contributed by atoms with Gasteiger partial charge in [-0.3, -0.25) is 14.4 Å². The molecule has 0 aromatic rings. The van der Waals surface area contributed by atoms with Crippen LogP contribution >= 0.6 is 0 Å². The molecule has 0 saturated heterocycles. The quantitative estimate of drug-likeness (QED) is 0.589. The molecule has 0 radical (unpaired) electrons. The lowest BCUT2D eigenvalue weighted by Gasteiger charge is -2.13. The van der Waals surface area contributed by atoms with Gasteiger partial charge >= 0.3 is 11.9 Å². The smallest absolute Gasteiger partial charge is 0.307 e. The SMILES string of the molecule is COC(=O)C[C@@H](CC(=O)O)NC(C)=O. The van der Waals surface area contributed by atoms with Crippen molar-refractivity contribution in [3.8, 4) is 0 Å². The highest BCUT2D eigenvalue weighted by molar-refractivity contribution is 5.77. The number of carbonyl (C=O) groups is 3. The molecule has 1 atom stereocenters. The van der Waals surface area contributed by atoms with E-state index in [-0.39, 0.29) is 18.7 Å². The van der Waals surface area contributed by atoms with Gasteiger partial charge in [0.25, 0.3) is 0 Å². The van der Waals surface area contributed by atoms with Crippen molar-refractivity contribution in [2.24, 2.45) is 0 Å². The van der Waals surface area contributed by atoms with Crippen molar-refractivity contribution >= 4 is 17.8 Å². The maximum atomic E-state index is 10.8. The molecule has 2 N–H and O–H groups in total. The van der Waals surface area contributed by atoms with Crippen molar-refractivity contribution in [2.75, 3.05) is 7.11 Å². The Hall–Kier alpha value is -1.59. The van der Waals surface area contributed by atoms with Gasteiger partial charge in [-0.1, -0.05) is 0 Å². The van der Waals surface area contributed by atoms with E-state index in [9.17, 15) is 14.4 Å². The van der Waals surface area contributed by atoms with Gasteiger partial charge in [0.1, 0.15) is 0 Å². The summed E-state index contributed by atoms with van der Waals surface area (Å²) in [5, 5.41) is 10.8. The number of amides is 1. The number of methoxy groups -OCH3 is 1. The topological polar surface area (TPSA) is 92.7 Å². The average Bonchev–Trinajstić information content (AvgIpc) is 2.01. The Balaban J connectivity index is 4.16. The molecule has 0 heterocycles. The molecule has 0 aliphatic rings. The Morgan fingerprint density at radius 3 is 2.29 bits per heavy atom. The summed E-state index contributed by atoms with van der Waals surface area (Å²) in [6.45, 7) is 1.26. The van der Waals surface area contributed by atoms with E-state index in [1.54, 1.807) is 0 Å². The molecule has 6 heteroatoms. The predicted octanol–water partition coefficient (Wildman–Crippen LogP) is -0.471. The summed E-state index contributed by atoms with van der Waals surface area (Å²) in [6.07, 6.45) is -0.433.